The Balaban J connectivity index is 1.89. The lowest BCUT2D eigenvalue weighted by atomic mass is 9.96. The molecule has 6 nitrogen and oxygen atoms in total. The van der Waals surface area contributed by atoms with Gasteiger partial charge in [-0.3, -0.25) is 4.79 Å². The molecule has 0 amide bonds. The van der Waals surface area contributed by atoms with E-state index in [1.165, 1.54) is 18.2 Å². The van der Waals surface area contributed by atoms with Gasteiger partial charge in [-0.25, -0.2) is 4.79 Å². The second-order valence-corrected chi connectivity index (χ2v) is 6.19. The predicted octanol–water partition coefficient (Wildman–Crippen LogP) is 2.93. The molecule has 0 bridgehead atoms. The van der Waals surface area contributed by atoms with Crippen molar-refractivity contribution in [3.8, 4) is 11.5 Å². The lowest BCUT2D eigenvalue weighted by Crippen LogP contribution is -2.14. The zero-order valence-corrected chi connectivity index (χ0v) is 14.3. The highest BCUT2D eigenvalue weighted by Gasteiger charge is 2.35. The van der Waals surface area contributed by atoms with Crippen LogP contribution in [0.2, 0.25) is 0 Å². The number of ether oxygens (including phenoxy) is 3. The highest BCUT2D eigenvalue weighted by atomic mass is 16.6. The summed E-state index contributed by atoms with van der Waals surface area (Å²) in [5.74, 6) is -0.399. The Morgan fingerprint density at radius 1 is 1.42 bits per heavy atom. The van der Waals surface area contributed by atoms with Crippen molar-refractivity contribution < 1.29 is 28.9 Å². The lowest BCUT2D eigenvalue weighted by Gasteiger charge is -2.12. The summed E-state index contributed by atoms with van der Waals surface area (Å²) in [6.45, 7) is 6.32. The normalized spacial score (nSPS) is 20.1. The van der Waals surface area contributed by atoms with Crippen LogP contribution in [0, 0.1) is 11.8 Å². The van der Waals surface area contributed by atoms with Crippen molar-refractivity contribution in [2.24, 2.45) is 11.8 Å². The zero-order valence-electron chi connectivity index (χ0n) is 14.3. The third-order valence-electron chi connectivity index (χ3n) is 4.05. The third-order valence-corrected chi connectivity index (χ3v) is 4.05. The molecule has 0 aliphatic carbocycles. The third kappa shape index (κ3) is 4.40. The second kappa shape index (κ2) is 8.04. The van der Waals surface area contributed by atoms with Crippen molar-refractivity contribution in [3.63, 3.8) is 0 Å². The van der Waals surface area contributed by atoms with Crippen LogP contribution in [0.15, 0.2) is 18.2 Å². The Morgan fingerprint density at radius 3 is 2.79 bits per heavy atom. The molecule has 1 N–H and O–H groups in total. The molecule has 1 aliphatic heterocycles. The number of carbonyl (C=O) groups is 2. The van der Waals surface area contributed by atoms with Crippen LogP contribution in [0.25, 0.3) is 0 Å². The van der Waals surface area contributed by atoms with E-state index in [1.54, 1.807) is 6.92 Å². The fraction of sp³-hybridized carbons (Fsp3) is 0.556. The molecule has 1 aromatic carbocycles. The Morgan fingerprint density at radius 2 is 2.17 bits per heavy atom. The average molecular weight is 336 g/mol. The molecule has 1 aliphatic rings. The molecule has 2 unspecified atom stereocenters. The molecule has 0 saturated carbocycles. The molecule has 0 spiro atoms. The lowest BCUT2D eigenvalue weighted by molar-refractivity contribution is -0.145. The van der Waals surface area contributed by atoms with E-state index >= 15 is 0 Å². The Hall–Kier alpha value is -2.24. The first-order valence-electron chi connectivity index (χ1n) is 8.25. The second-order valence-electron chi connectivity index (χ2n) is 6.19. The van der Waals surface area contributed by atoms with Crippen LogP contribution in [-0.4, -0.2) is 36.4 Å². The van der Waals surface area contributed by atoms with Crippen LogP contribution >= 0.6 is 0 Å². The van der Waals surface area contributed by atoms with Gasteiger partial charge in [-0.15, -0.1) is 0 Å². The fourth-order valence-electron chi connectivity index (χ4n) is 2.64. The molecule has 1 heterocycles. The number of benzene rings is 1. The number of hydrogen-bond donors (Lipinski definition) is 1. The number of carbonyl (C=O) groups excluding carboxylic acids is 2. The first kappa shape index (κ1) is 18.1. The van der Waals surface area contributed by atoms with E-state index < -0.39 is 5.97 Å². The predicted molar refractivity (Wildman–Crippen MR) is 87.0 cm³/mol. The quantitative estimate of drug-likeness (QED) is 0.771. The number of esters is 2. The largest absolute Gasteiger partial charge is 0.508 e. The van der Waals surface area contributed by atoms with E-state index in [0.29, 0.717) is 19.4 Å². The first-order chi connectivity index (χ1) is 11.4. The first-order valence-corrected chi connectivity index (χ1v) is 8.25. The van der Waals surface area contributed by atoms with Gasteiger partial charge in [0.15, 0.2) is 0 Å². The van der Waals surface area contributed by atoms with Gasteiger partial charge in [-0.2, -0.15) is 0 Å². The van der Waals surface area contributed by atoms with Crippen LogP contribution in [0.4, 0.5) is 0 Å². The van der Waals surface area contributed by atoms with Gasteiger partial charge in [-0.05, 0) is 37.8 Å². The van der Waals surface area contributed by atoms with Gasteiger partial charge < -0.3 is 19.3 Å². The molecule has 0 radical (unpaired) electrons. The average Bonchev–Trinajstić information content (AvgIpc) is 2.89. The Labute approximate surface area is 141 Å². The van der Waals surface area contributed by atoms with E-state index in [0.717, 1.165) is 0 Å². The minimum atomic E-state index is -0.537. The van der Waals surface area contributed by atoms with Crippen LogP contribution in [0.5, 0.6) is 11.5 Å². The van der Waals surface area contributed by atoms with E-state index in [2.05, 4.69) is 0 Å². The summed E-state index contributed by atoms with van der Waals surface area (Å²) < 4.78 is 15.9. The van der Waals surface area contributed by atoms with E-state index in [1.807, 2.05) is 13.8 Å². The van der Waals surface area contributed by atoms with Crippen molar-refractivity contribution in [2.75, 3.05) is 13.2 Å². The standard InChI is InChI=1S/C18H24O6/c1-4-22-16-10-13(19)5-6-14(16)18(21)23-8-7-12-9-15(11(2)3)24-17(12)20/h5-6,10-12,15,19H,4,7-9H2,1-3H3. The molecule has 6 heteroatoms. The van der Waals surface area contributed by atoms with Gasteiger partial charge in [0.1, 0.15) is 23.2 Å². The number of cyclic esters (lactones) is 1. The minimum Gasteiger partial charge on any atom is -0.508 e. The highest BCUT2D eigenvalue weighted by molar-refractivity contribution is 5.92. The number of aromatic hydroxyl groups is 1. The maximum absolute atomic E-state index is 12.2. The summed E-state index contributed by atoms with van der Waals surface area (Å²) in [6.07, 6.45) is 1.05. The van der Waals surface area contributed by atoms with Crippen molar-refractivity contribution in [2.45, 2.75) is 39.7 Å². The van der Waals surface area contributed by atoms with Gasteiger partial charge in [0.2, 0.25) is 0 Å². The topological polar surface area (TPSA) is 82.1 Å². The van der Waals surface area contributed by atoms with Crippen molar-refractivity contribution in [3.05, 3.63) is 23.8 Å². The molecule has 0 aromatic heterocycles. The number of phenolic OH excluding ortho intramolecular Hbond substituents is 1. The molecule has 132 valence electrons. The number of hydrogen-bond acceptors (Lipinski definition) is 6. The van der Waals surface area contributed by atoms with Crippen LogP contribution < -0.4 is 4.74 Å². The summed E-state index contributed by atoms with van der Waals surface area (Å²) in [7, 11) is 0. The zero-order chi connectivity index (χ0) is 17.7. The number of phenols is 1. The molecule has 1 saturated heterocycles. The number of rotatable bonds is 7. The summed E-state index contributed by atoms with van der Waals surface area (Å²) in [4.78, 5) is 24.0. The van der Waals surface area contributed by atoms with Crippen molar-refractivity contribution in [1.82, 2.24) is 0 Å². The van der Waals surface area contributed by atoms with Gasteiger partial charge in [0.25, 0.3) is 0 Å². The minimum absolute atomic E-state index is 0.0171. The molecule has 2 rings (SSSR count). The van der Waals surface area contributed by atoms with Gasteiger partial charge in [0.05, 0.1) is 19.1 Å². The maximum Gasteiger partial charge on any atom is 0.341 e. The van der Waals surface area contributed by atoms with Gasteiger partial charge >= 0.3 is 11.9 Å². The Bertz CT molecular complexity index is 595. The summed E-state index contributed by atoms with van der Waals surface area (Å²) in [5.41, 5.74) is 0.253. The van der Waals surface area contributed by atoms with E-state index in [9.17, 15) is 14.7 Å². The van der Waals surface area contributed by atoms with E-state index in [4.69, 9.17) is 14.2 Å². The molecule has 1 fully saturated rings. The molecule has 1 aromatic rings. The molecular formula is C18H24O6. The summed E-state index contributed by atoms with van der Waals surface area (Å²) in [6, 6.07) is 4.24. The van der Waals surface area contributed by atoms with Crippen LogP contribution in [0.3, 0.4) is 0 Å². The van der Waals surface area contributed by atoms with Crippen molar-refractivity contribution in [1.29, 1.82) is 0 Å². The van der Waals surface area contributed by atoms with Crippen LogP contribution in [-0.2, 0) is 14.3 Å². The highest BCUT2D eigenvalue weighted by Crippen LogP contribution is 2.29. The van der Waals surface area contributed by atoms with Crippen molar-refractivity contribution >= 4 is 11.9 Å². The summed E-state index contributed by atoms with van der Waals surface area (Å²) >= 11 is 0. The van der Waals surface area contributed by atoms with Crippen LogP contribution in [0.1, 0.15) is 44.0 Å². The molecule has 2 atom stereocenters. The smallest absolute Gasteiger partial charge is 0.341 e. The molecule has 24 heavy (non-hydrogen) atoms. The van der Waals surface area contributed by atoms with Gasteiger partial charge in [0, 0.05) is 6.07 Å². The fourth-order valence-corrected chi connectivity index (χ4v) is 2.64. The van der Waals surface area contributed by atoms with Gasteiger partial charge in [-0.1, -0.05) is 13.8 Å². The maximum atomic E-state index is 12.2. The Kier molecular flexibility index (Phi) is 6.06. The molecular weight excluding hydrogens is 312 g/mol. The SMILES string of the molecule is CCOc1cc(O)ccc1C(=O)OCCC1CC(C(C)C)OC1=O. The summed E-state index contributed by atoms with van der Waals surface area (Å²) in [5, 5.41) is 9.48. The van der Waals surface area contributed by atoms with E-state index in [-0.39, 0.29) is 47.6 Å². The monoisotopic (exact) mass is 336 g/mol.